The topological polar surface area (TPSA) is 71.1 Å². The van der Waals surface area contributed by atoms with Gasteiger partial charge < -0.3 is 18.9 Å². The minimum Gasteiger partial charge on any atom is -0.497 e. The lowest BCUT2D eigenvalue weighted by Crippen LogP contribution is -2.39. The van der Waals surface area contributed by atoms with E-state index in [1.54, 1.807) is 27.9 Å². The van der Waals surface area contributed by atoms with E-state index in [-0.39, 0.29) is 13.2 Å². The van der Waals surface area contributed by atoms with Gasteiger partial charge in [0.25, 0.3) is 0 Å². The second-order valence-electron chi connectivity index (χ2n) is 7.04. The molecular formula is C23H34O6. The summed E-state index contributed by atoms with van der Waals surface area (Å²) in [6, 6.07) is 7.76. The minimum atomic E-state index is -1.27. The summed E-state index contributed by atoms with van der Waals surface area (Å²) in [5, 5.41) is 0. The van der Waals surface area contributed by atoms with Gasteiger partial charge in [0.2, 0.25) is 0 Å². The molecule has 0 saturated carbocycles. The van der Waals surface area contributed by atoms with Crippen LogP contribution in [0.15, 0.2) is 35.9 Å². The molecule has 0 spiro atoms. The average Bonchev–Trinajstić information content (AvgIpc) is 2.71. The number of rotatable bonds is 13. The van der Waals surface area contributed by atoms with Crippen LogP contribution in [0.5, 0.6) is 5.75 Å². The van der Waals surface area contributed by atoms with Gasteiger partial charge in [-0.3, -0.25) is 9.59 Å². The van der Waals surface area contributed by atoms with Crippen LogP contribution in [0.4, 0.5) is 0 Å². The van der Waals surface area contributed by atoms with Crippen LogP contribution in [0, 0.1) is 5.41 Å². The lowest BCUT2D eigenvalue weighted by atomic mass is 9.84. The number of carbonyl (C=O) groups is 2. The SMILES string of the molecule is CCOC(=O)C(C)(CCC/C(C)=C/COCc1ccc(OC)cc1)C(=O)OCC. The van der Waals surface area contributed by atoms with Crippen LogP contribution in [0.2, 0.25) is 0 Å². The summed E-state index contributed by atoms with van der Waals surface area (Å²) in [4.78, 5) is 24.6. The molecule has 0 bridgehead atoms. The smallest absolute Gasteiger partial charge is 0.323 e. The lowest BCUT2D eigenvalue weighted by Gasteiger charge is -2.24. The monoisotopic (exact) mass is 406 g/mol. The Balaban J connectivity index is 2.46. The normalized spacial score (nSPS) is 11.8. The summed E-state index contributed by atoms with van der Waals surface area (Å²) >= 11 is 0. The standard InChI is InChI=1S/C23H34O6/c1-6-28-21(24)23(4,22(25)29-7-2)15-8-9-18(3)14-16-27-17-19-10-12-20(26-5)13-11-19/h10-14H,6-9,15-17H2,1-5H3/b18-14+. The van der Waals surface area contributed by atoms with Gasteiger partial charge >= 0.3 is 11.9 Å². The molecule has 0 fully saturated rings. The first-order valence-electron chi connectivity index (χ1n) is 10.1. The third kappa shape index (κ3) is 8.28. The molecule has 0 atom stereocenters. The molecule has 0 unspecified atom stereocenters. The third-order valence-corrected chi connectivity index (χ3v) is 4.68. The number of hydrogen-bond donors (Lipinski definition) is 0. The number of ether oxygens (including phenoxy) is 4. The second kappa shape index (κ2) is 13.0. The molecule has 0 saturated heterocycles. The number of methoxy groups -OCH3 is 1. The van der Waals surface area contributed by atoms with E-state index in [1.165, 1.54) is 0 Å². The molecule has 0 aliphatic heterocycles. The maximum absolute atomic E-state index is 12.3. The zero-order valence-electron chi connectivity index (χ0n) is 18.3. The van der Waals surface area contributed by atoms with Gasteiger partial charge in [-0.15, -0.1) is 0 Å². The average molecular weight is 407 g/mol. The maximum atomic E-state index is 12.3. The van der Waals surface area contributed by atoms with Crippen molar-refractivity contribution in [3.63, 3.8) is 0 Å². The van der Waals surface area contributed by atoms with Crippen molar-refractivity contribution in [1.29, 1.82) is 0 Å². The summed E-state index contributed by atoms with van der Waals surface area (Å²) < 4.78 is 21.0. The zero-order chi connectivity index (χ0) is 21.7. The Morgan fingerprint density at radius 2 is 1.62 bits per heavy atom. The fraction of sp³-hybridized carbons (Fsp3) is 0.565. The summed E-state index contributed by atoms with van der Waals surface area (Å²) in [5.41, 5.74) is 0.961. The van der Waals surface area contributed by atoms with E-state index < -0.39 is 17.4 Å². The Labute approximate surface area is 174 Å². The highest BCUT2D eigenvalue weighted by molar-refractivity contribution is 5.99. The lowest BCUT2D eigenvalue weighted by molar-refractivity contribution is -0.171. The van der Waals surface area contributed by atoms with Crippen LogP contribution < -0.4 is 4.74 Å². The van der Waals surface area contributed by atoms with Crippen molar-refractivity contribution in [3.05, 3.63) is 41.5 Å². The van der Waals surface area contributed by atoms with Gasteiger partial charge in [0, 0.05) is 0 Å². The summed E-state index contributed by atoms with van der Waals surface area (Å²) in [6.07, 6.45) is 3.84. The Morgan fingerprint density at radius 3 is 2.14 bits per heavy atom. The van der Waals surface area contributed by atoms with E-state index in [0.717, 1.165) is 23.3 Å². The molecule has 0 N–H and O–H groups in total. The number of esters is 2. The molecule has 29 heavy (non-hydrogen) atoms. The Hall–Kier alpha value is -2.34. The molecule has 0 amide bonds. The molecule has 6 nitrogen and oxygen atoms in total. The molecule has 1 aromatic carbocycles. The predicted molar refractivity (Wildman–Crippen MR) is 112 cm³/mol. The number of allylic oxidation sites excluding steroid dienone is 1. The molecule has 1 aromatic rings. The van der Waals surface area contributed by atoms with Gasteiger partial charge in [-0.05, 0) is 64.7 Å². The summed E-state index contributed by atoms with van der Waals surface area (Å²) in [6.45, 7) is 8.56. The van der Waals surface area contributed by atoms with Gasteiger partial charge in [-0.25, -0.2) is 0 Å². The van der Waals surface area contributed by atoms with Crippen LogP contribution >= 0.6 is 0 Å². The van der Waals surface area contributed by atoms with Gasteiger partial charge in [0.1, 0.15) is 5.75 Å². The van der Waals surface area contributed by atoms with Crippen LogP contribution in [-0.4, -0.2) is 38.9 Å². The van der Waals surface area contributed by atoms with Gasteiger partial charge in [-0.1, -0.05) is 23.8 Å². The Kier molecular flexibility index (Phi) is 11.1. The Morgan fingerprint density at radius 1 is 1.03 bits per heavy atom. The van der Waals surface area contributed by atoms with Crippen molar-refractivity contribution in [2.45, 2.75) is 53.6 Å². The van der Waals surface area contributed by atoms with Gasteiger partial charge in [0.15, 0.2) is 5.41 Å². The zero-order valence-corrected chi connectivity index (χ0v) is 18.3. The predicted octanol–water partition coefficient (Wildman–Crippen LogP) is 4.46. The van der Waals surface area contributed by atoms with Gasteiger partial charge in [0.05, 0.1) is 33.5 Å². The van der Waals surface area contributed by atoms with Crippen molar-refractivity contribution < 1.29 is 28.5 Å². The third-order valence-electron chi connectivity index (χ3n) is 4.68. The van der Waals surface area contributed by atoms with Crippen molar-refractivity contribution in [3.8, 4) is 5.75 Å². The summed E-state index contributed by atoms with van der Waals surface area (Å²) in [7, 11) is 1.64. The molecular weight excluding hydrogens is 372 g/mol. The molecule has 0 radical (unpaired) electrons. The highest BCUT2D eigenvalue weighted by Crippen LogP contribution is 2.29. The van der Waals surface area contributed by atoms with Crippen molar-refractivity contribution in [1.82, 2.24) is 0 Å². The first-order valence-corrected chi connectivity index (χ1v) is 10.1. The van der Waals surface area contributed by atoms with E-state index in [0.29, 0.717) is 26.1 Å². The molecule has 1 rings (SSSR count). The van der Waals surface area contributed by atoms with E-state index in [4.69, 9.17) is 18.9 Å². The van der Waals surface area contributed by atoms with Crippen LogP contribution in [0.1, 0.15) is 52.5 Å². The molecule has 0 heterocycles. The molecule has 0 aromatic heterocycles. The van der Waals surface area contributed by atoms with Crippen LogP contribution in [-0.2, 0) is 30.4 Å². The highest BCUT2D eigenvalue weighted by atomic mass is 16.6. The van der Waals surface area contributed by atoms with E-state index in [9.17, 15) is 9.59 Å². The van der Waals surface area contributed by atoms with E-state index in [1.807, 2.05) is 37.3 Å². The molecule has 0 aliphatic rings. The quantitative estimate of drug-likeness (QED) is 0.208. The van der Waals surface area contributed by atoms with E-state index in [2.05, 4.69) is 0 Å². The van der Waals surface area contributed by atoms with Crippen LogP contribution in [0.3, 0.4) is 0 Å². The number of benzene rings is 1. The van der Waals surface area contributed by atoms with Crippen LogP contribution in [0.25, 0.3) is 0 Å². The molecule has 6 heteroatoms. The number of hydrogen-bond acceptors (Lipinski definition) is 6. The van der Waals surface area contributed by atoms with Gasteiger partial charge in [-0.2, -0.15) is 0 Å². The number of carbonyl (C=O) groups excluding carboxylic acids is 2. The highest BCUT2D eigenvalue weighted by Gasteiger charge is 2.43. The van der Waals surface area contributed by atoms with Crippen molar-refractivity contribution in [2.24, 2.45) is 5.41 Å². The molecule has 0 aliphatic carbocycles. The Bertz CT molecular complexity index is 644. The first kappa shape index (κ1) is 24.7. The fourth-order valence-electron chi connectivity index (χ4n) is 2.79. The van der Waals surface area contributed by atoms with Crippen molar-refractivity contribution in [2.75, 3.05) is 26.9 Å². The molecule has 162 valence electrons. The second-order valence-corrected chi connectivity index (χ2v) is 7.04. The van der Waals surface area contributed by atoms with E-state index >= 15 is 0 Å². The first-order chi connectivity index (χ1) is 13.9. The van der Waals surface area contributed by atoms with Crippen molar-refractivity contribution >= 4 is 11.9 Å². The summed E-state index contributed by atoms with van der Waals surface area (Å²) in [5.74, 6) is -0.229. The fourth-order valence-corrected chi connectivity index (χ4v) is 2.79. The maximum Gasteiger partial charge on any atom is 0.323 e. The minimum absolute atomic E-state index is 0.234. The largest absolute Gasteiger partial charge is 0.497 e.